The highest BCUT2D eigenvalue weighted by Gasteiger charge is 2.14. The van der Waals surface area contributed by atoms with Crippen molar-refractivity contribution < 1.29 is 9.15 Å². The van der Waals surface area contributed by atoms with Gasteiger partial charge in [-0.25, -0.2) is 0 Å². The molecular formula is C17H18N2O2. The molecule has 108 valence electrons. The second-order valence-electron chi connectivity index (χ2n) is 5.45. The van der Waals surface area contributed by atoms with Crippen molar-refractivity contribution in [2.45, 2.75) is 26.7 Å². The molecule has 2 aromatic carbocycles. The quantitative estimate of drug-likeness (QED) is 0.711. The first-order valence-corrected chi connectivity index (χ1v) is 6.98. The zero-order valence-electron chi connectivity index (χ0n) is 12.4. The lowest BCUT2D eigenvalue weighted by Gasteiger charge is -2.14. The molecule has 3 aromatic rings. The summed E-state index contributed by atoms with van der Waals surface area (Å²) in [5, 5.41) is 0. The van der Waals surface area contributed by atoms with Gasteiger partial charge in [0.2, 0.25) is 0 Å². The van der Waals surface area contributed by atoms with Crippen molar-refractivity contribution in [1.82, 2.24) is 4.98 Å². The number of benzene rings is 2. The number of oxazole rings is 1. The number of aromatic nitrogens is 1. The summed E-state index contributed by atoms with van der Waals surface area (Å²) >= 11 is 0. The molecule has 0 saturated carbocycles. The van der Waals surface area contributed by atoms with Crippen molar-refractivity contribution in [2.75, 3.05) is 5.73 Å². The Balaban J connectivity index is 2.02. The van der Waals surface area contributed by atoms with E-state index in [1.165, 1.54) is 0 Å². The third kappa shape index (κ3) is 2.57. The van der Waals surface area contributed by atoms with Gasteiger partial charge in [0.05, 0.1) is 0 Å². The average Bonchev–Trinajstić information content (AvgIpc) is 2.84. The normalized spacial score (nSPS) is 11.2. The van der Waals surface area contributed by atoms with Gasteiger partial charge in [-0.2, -0.15) is 4.98 Å². The Morgan fingerprint density at radius 2 is 1.95 bits per heavy atom. The fourth-order valence-corrected chi connectivity index (χ4v) is 2.24. The highest BCUT2D eigenvalue weighted by atomic mass is 16.6. The van der Waals surface area contributed by atoms with E-state index in [9.17, 15) is 0 Å². The lowest BCUT2D eigenvalue weighted by Crippen LogP contribution is -1.98. The van der Waals surface area contributed by atoms with Gasteiger partial charge in [0, 0.05) is 5.69 Å². The molecule has 0 fully saturated rings. The largest absolute Gasteiger partial charge is 0.411 e. The molecule has 1 heterocycles. The van der Waals surface area contributed by atoms with E-state index in [1.54, 1.807) is 0 Å². The Morgan fingerprint density at radius 1 is 1.19 bits per heavy atom. The van der Waals surface area contributed by atoms with Crippen LogP contribution >= 0.6 is 0 Å². The number of nitrogens with two attached hydrogens (primary N) is 1. The van der Waals surface area contributed by atoms with E-state index in [4.69, 9.17) is 14.9 Å². The zero-order chi connectivity index (χ0) is 15.0. The maximum atomic E-state index is 5.99. The number of hydrogen-bond acceptors (Lipinski definition) is 4. The Bertz CT molecular complexity index is 758. The van der Waals surface area contributed by atoms with E-state index in [0.717, 1.165) is 28.1 Å². The smallest absolute Gasteiger partial charge is 0.400 e. The van der Waals surface area contributed by atoms with Crippen LogP contribution in [0.3, 0.4) is 0 Å². The molecule has 0 aliphatic heterocycles. The number of anilines is 1. The second-order valence-corrected chi connectivity index (χ2v) is 5.45. The number of hydrogen-bond donors (Lipinski definition) is 1. The third-order valence-corrected chi connectivity index (χ3v) is 3.49. The second kappa shape index (κ2) is 5.13. The maximum absolute atomic E-state index is 5.99. The highest BCUT2D eigenvalue weighted by molar-refractivity contribution is 5.72. The van der Waals surface area contributed by atoms with Gasteiger partial charge in [0.1, 0.15) is 11.3 Å². The summed E-state index contributed by atoms with van der Waals surface area (Å²) in [5.41, 5.74) is 10.3. The zero-order valence-corrected chi connectivity index (χ0v) is 12.4. The van der Waals surface area contributed by atoms with Crippen molar-refractivity contribution in [3.05, 3.63) is 47.5 Å². The number of rotatable bonds is 3. The van der Waals surface area contributed by atoms with Crippen LogP contribution in [0.4, 0.5) is 5.69 Å². The number of aryl methyl sites for hydroxylation is 1. The van der Waals surface area contributed by atoms with Crippen LogP contribution in [0.5, 0.6) is 11.8 Å². The minimum Gasteiger partial charge on any atom is -0.411 e. The standard InChI is InChI=1S/C17H18N2O2/c1-10(2)12-9-13(18)11(3)8-16(12)21-17-19-14-6-4-5-7-15(14)20-17/h4-10H,18H2,1-3H3. The summed E-state index contributed by atoms with van der Waals surface area (Å²) < 4.78 is 11.5. The summed E-state index contributed by atoms with van der Waals surface area (Å²) in [4.78, 5) is 4.34. The summed E-state index contributed by atoms with van der Waals surface area (Å²) in [6.07, 6.45) is 0.252. The van der Waals surface area contributed by atoms with Crippen LogP contribution in [0, 0.1) is 6.92 Å². The Morgan fingerprint density at radius 3 is 2.67 bits per heavy atom. The molecule has 0 amide bonds. The molecular weight excluding hydrogens is 264 g/mol. The Labute approximate surface area is 123 Å². The third-order valence-electron chi connectivity index (χ3n) is 3.49. The molecule has 0 saturated heterocycles. The van der Waals surface area contributed by atoms with Gasteiger partial charge in [-0.1, -0.05) is 26.0 Å². The van der Waals surface area contributed by atoms with Crippen LogP contribution in [0.15, 0.2) is 40.8 Å². The molecule has 0 spiro atoms. The minimum atomic E-state index is 0.252. The Kier molecular flexibility index (Phi) is 3.29. The van der Waals surface area contributed by atoms with Crippen LogP contribution < -0.4 is 10.5 Å². The summed E-state index contributed by atoms with van der Waals surface area (Å²) in [5.74, 6) is 1.04. The molecule has 1 aromatic heterocycles. The lowest BCUT2D eigenvalue weighted by molar-refractivity contribution is 0.339. The van der Waals surface area contributed by atoms with E-state index in [-0.39, 0.29) is 6.08 Å². The van der Waals surface area contributed by atoms with Crippen LogP contribution in [0.1, 0.15) is 30.9 Å². The number of para-hydroxylation sites is 2. The average molecular weight is 282 g/mol. The molecule has 4 nitrogen and oxygen atoms in total. The molecule has 0 unspecified atom stereocenters. The summed E-state index contributed by atoms with van der Waals surface area (Å²) in [6.45, 7) is 6.16. The first-order chi connectivity index (χ1) is 10.0. The molecule has 3 rings (SSSR count). The van der Waals surface area contributed by atoms with Gasteiger partial charge in [-0.15, -0.1) is 0 Å². The van der Waals surface area contributed by atoms with Crippen LogP contribution in [-0.2, 0) is 0 Å². The fraction of sp³-hybridized carbons (Fsp3) is 0.235. The molecule has 21 heavy (non-hydrogen) atoms. The minimum absolute atomic E-state index is 0.252. The van der Waals surface area contributed by atoms with Gasteiger partial charge in [0.15, 0.2) is 5.58 Å². The number of ether oxygens (including phenoxy) is 1. The van der Waals surface area contributed by atoms with Gasteiger partial charge >= 0.3 is 6.08 Å². The van der Waals surface area contributed by atoms with Gasteiger partial charge in [0.25, 0.3) is 0 Å². The van der Waals surface area contributed by atoms with Crippen molar-refractivity contribution in [1.29, 1.82) is 0 Å². The first kappa shape index (κ1) is 13.5. The van der Waals surface area contributed by atoms with Gasteiger partial charge < -0.3 is 14.9 Å². The molecule has 2 N–H and O–H groups in total. The topological polar surface area (TPSA) is 61.3 Å². The van der Waals surface area contributed by atoms with Gasteiger partial charge in [-0.3, -0.25) is 0 Å². The predicted molar refractivity (Wildman–Crippen MR) is 83.8 cm³/mol. The molecule has 0 aliphatic rings. The van der Waals surface area contributed by atoms with Crippen molar-refractivity contribution in [3.8, 4) is 11.8 Å². The van der Waals surface area contributed by atoms with E-state index in [2.05, 4.69) is 18.8 Å². The molecule has 0 atom stereocenters. The number of fused-ring (bicyclic) bond motifs is 1. The fourth-order valence-electron chi connectivity index (χ4n) is 2.24. The van der Waals surface area contributed by atoms with E-state index in [0.29, 0.717) is 11.5 Å². The van der Waals surface area contributed by atoms with Gasteiger partial charge in [-0.05, 0) is 48.2 Å². The Hall–Kier alpha value is -2.49. The first-order valence-electron chi connectivity index (χ1n) is 6.98. The molecule has 0 bridgehead atoms. The molecule has 0 aliphatic carbocycles. The maximum Gasteiger partial charge on any atom is 0.400 e. The predicted octanol–water partition coefficient (Wildman–Crippen LogP) is 4.63. The molecule has 4 heteroatoms. The lowest BCUT2D eigenvalue weighted by atomic mass is 9.99. The summed E-state index contributed by atoms with van der Waals surface area (Å²) in [7, 11) is 0. The molecule has 0 radical (unpaired) electrons. The summed E-state index contributed by atoms with van der Waals surface area (Å²) in [6, 6.07) is 11.5. The van der Waals surface area contributed by atoms with Crippen LogP contribution in [-0.4, -0.2) is 4.98 Å². The van der Waals surface area contributed by atoms with Crippen molar-refractivity contribution in [3.63, 3.8) is 0 Å². The van der Waals surface area contributed by atoms with Crippen molar-refractivity contribution in [2.24, 2.45) is 0 Å². The van der Waals surface area contributed by atoms with Crippen LogP contribution in [0.2, 0.25) is 0 Å². The number of nitrogen functional groups attached to an aromatic ring is 1. The van der Waals surface area contributed by atoms with Crippen molar-refractivity contribution >= 4 is 16.8 Å². The van der Waals surface area contributed by atoms with Crippen LogP contribution in [0.25, 0.3) is 11.1 Å². The van der Waals surface area contributed by atoms with E-state index < -0.39 is 0 Å². The van der Waals surface area contributed by atoms with E-state index in [1.807, 2.05) is 43.3 Å². The van der Waals surface area contributed by atoms with E-state index >= 15 is 0 Å². The number of nitrogens with zero attached hydrogens (tertiary/aromatic N) is 1. The highest BCUT2D eigenvalue weighted by Crippen LogP contribution is 2.34. The SMILES string of the molecule is Cc1cc(Oc2nc3ccccc3o2)c(C(C)C)cc1N. The monoisotopic (exact) mass is 282 g/mol.